The van der Waals surface area contributed by atoms with Gasteiger partial charge in [0.25, 0.3) is 0 Å². The molecule has 0 heterocycles. The Bertz CT molecular complexity index is 781. The molecule has 3 rings (SSSR count). The average Bonchev–Trinajstić information content (AvgIpc) is 2.51. The van der Waals surface area contributed by atoms with E-state index in [1.54, 1.807) is 24.3 Å². The number of fused-ring (bicyclic) bond motifs is 1. The van der Waals surface area contributed by atoms with E-state index in [4.69, 9.17) is 11.6 Å². The fraction of sp³-hybridized carbons (Fsp3) is 0. The van der Waals surface area contributed by atoms with Crippen molar-refractivity contribution in [2.24, 2.45) is 0 Å². The second-order valence-electron chi connectivity index (χ2n) is 4.52. The van der Waals surface area contributed by atoms with Crippen molar-refractivity contribution in [1.82, 2.24) is 0 Å². The molecule has 0 radical (unpaired) electrons. The van der Waals surface area contributed by atoms with Gasteiger partial charge in [-0.3, -0.25) is 9.59 Å². The van der Waals surface area contributed by atoms with E-state index >= 15 is 0 Å². The molecule has 2 aromatic rings. The zero-order valence-electron chi connectivity index (χ0n) is 10.7. The molecule has 1 N–H and O–H groups in total. The summed E-state index contributed by atoms with van der Waals surface area (Å²) >= 11 is 6.01. The first-order chi connectivity index (χ1) is 10.1. The molecule has 0 fully saturated rings. The van der Waals surface area contributed by atoms with E-state index in [-0.39, 0.29) is 22.1 Å². The summed E-state index contributed by atoms with van der Waals surface area (Å²) in [6.45, 7) is 0. The first-order valence-electron chi connectivity index (χ1n) is 6.18. The third-order valence-corrected chi connectivity index (χ3v) is 3.54. The minimum atomic E-state index is -0.406. The lowest BCUT2D eigenvalue weighted by Gasteiger charge is -2.18. The molecule has 5 heteroatoms. The monoisotopic (exact) mass is 301 g/mol. The summed E-state index contributed by atoms with van der Waals surface area (Å²) in [6.07, 6.45) is 0. The minimum absolute atomic E-state index is 0.00646. The normalized spacial score (nSPS) is 14.2. The molecule has 1 aliphatic rings. The van der Waals surface area contributed by atoms with Gasteiger partial charge in [-0.1, -0.05) is 35.9 Å². The van der Waals surface area contributed by atoms with Crippen molar-refractivity contribution in [2.45, 2.75) is 0 Å². The Morgan fingerprint density at radius 3 is 2.05 bits per heavy atom. The first-order valence-corrected chi connectivity index (χ1v) is 6.56. The van der Waals surface area contributed by atoms with Gasteiger partial charge < -0.3 is 5.32 Å². The van der Waals surface area contributed by atoms with Crippen molar-refractivity contribution in [2.75, 3.05) is 5.32 Å². The number of rotatable bonds is 2. The van der Waals surface area contributed by atoms with Gasteiger partial charge >= 0.3 is 0 Å². The lowest BCUT2D eigenvalue weighted by Crippen LogP contribution is -2.24. The van der Waals surface area contributed by atoms with E-state index in [2.05, 4.69) is 5.32 Å². The van der Waals surface area contributed by atoms with Crippen LogP contribution in [0.25, 0.3) is 0 Å². The van der Waals surface area contributed by atoms with Gasteiger partial charge in [-0.25, -0.2) is 4.39 Å². The van der Waals surface area contributed by atoms with Crippen LogP contribution in [0.5, 0.6) is 0 Å². The van der Waals surface area contributed by atoms with Crippen LogP contribution in [0.2, 0.25) is 0 Å². The summed E-state index contributed by atoms with van der Waals surface area (Å²) in [5, 5.41) is 2.63. The number of carbonyl (C=O) groups excluding carboxylic acids is 2. The summed E-state index contributed by atoms with van der Waals surface area (Å²) < 4.78 is 12.9. The van der Waals surface area contributed by atoms with E-state index in [9.17, 15) is 14.0 Å². The number of hydrogen-bond donors (Lipinski definition) is 1. The van der Waals surface area contributed by atoms with E-state index in [0.29, 0.717) is 11.3 Å². The second-order valence-corrected chi connectivity index (χ2v) is 4.90. The average molecular weight is 302 g/mol. The number of anilines is 1. The van der Waals surface area contributed by atoms with Gasteiger partial charge in [-0.15, -0.1) is 0 Å². The molecule has 104 valence electrons. The van der Waals surface area contributed by atoms with Crippen molar-refractivity contribution in [3.63, 3.8) is 0 Å². The molecule has 0 atom stereocenters. The lowest BCUT2D eigenvalue weighted by atomic mass is 9.92. The van der Waals surface area contributed by atoms with Gasteiger partial charge in [0.2, 0.25) is 11.6 Å². The highest BCUT2D eigenvalue weighted by atomic mass is 35.5. The lowest BCUT2D eigenvalue weighted by molar-refractivity contribution is 0.0982. The predicted octanol–water partition coefficient (Wildman–Crippen LogP) is 3.77. The molecule has 0 amide bonds. The van der Waals surface area contributed by atoms with Crippen molar-refractivity contribution >= 4 is 28.9 Å². The maximum atomic E-state index is 12.9. The Morgan fingerprint density at radius 1 is 0.857 bits per heavy atom. The van der Waals surface area contributed by atoms with E-state index in [1.165, 1.54) is 24.3 Å². The summed E-state index contributed by atoms with van der Waals surface area (Å²) in [6, 6.07) is 11.9. The fourth-order valence-corrected chi connectivity index (χ4v) is 2.37. The maximum Gasteiger partial charge on any atom is 0.211 e. The number of halogens is 2. The van der Waals surface area contributed by atoms with E-state index in [0.717, 1.165) is 0 Å². The minimum Gasteiger partial charge on any atom is -0.351 e. The molecule has 3 nitrogen and oxygen atoms in total. The molecule has 0 aliphatic heterocycles. The van der Waals surface area contributed by atoms with Gasteiger partial charge in [-0.2, -0.15) is 0 Å². The van der Waals surface area contributed by atoms with Gasteiger partial charge in [0.15, 0.2) is 0 Å². The number of hydrogen-bond acceptors (Lipinski definition) is 3. The molecule has 21 heavy (non-hydrogen) atoms. The van der Waals surface area contributed by atoms with Crippen LogP contribution in [0.1, 0.15) is 20.7 Å². The third-order valence-electron chi connectivity index (χ3n) is 3.18. The van der Waals surface area contributed by atoms with Crippen molar-refractivity contribution < 1.29 is 14.0 Å². The highest BCUT2D eigenvalue weighted by molar-refractivity contribution is 6.50. The number of carbonyl (C=O) groups is 2. The number of benzene rings is 2. The number of Topliss-reactive ketones (excluding diaryl/α,β-unsaturated/α-hetero) is 2. The molecule has 0 unspecified atom stereocenters. The summed E-state index contributed by atoms with van der Waals surface area (Å²) in [5.41, 5.74) is 1.07. The Morgan fingerprint density at radius 2 is 1.43 bits per heavy atom. The Hall–Kier alpha value is -2.46. The van der Waals surface area contributed by atoms with Crippen LogP contribution >= 0.6 is 11.6 Å². The van der Waals surface area contributed by atoms with Crippen LogP contribution in [0.4, 0.5) is 10.1 Å². The number of ketones is 2. The van der Waals surface area contributed by atoms with Crippen LogP contribution < -0.4 is 5.32 Å². The molecule has 1 aliphatic carbocycles. The maximum absolute atomic E-state index is 12.9. The molecule has 0 spiro atoms. The van der Waals surface area contributed by atoms with Crippen LogP contribution in [-0.4, -0.2) is 11.6 Å². The van der Waals surface area contributed by atoms with Gasteiger partial charge in [0.1, 0.15) is 16.5 Å². The van der Waals surface area contributed by atoms with Crippen LogP contribution in [0, 0.1) is 5.82 Å². The Kier molecular flexibility index (Phi) is 3.31. The van der Waals surface area contributed by atoms with Gasteiger partial charge in [0, 0.05) is 16.8 Å². The zero-order valence-corrected chi connectivity index (χ0v) is 11.4. The molecular weight excluding hydrogens is 293 g/mol. The third kappa shape index (κ3) is 2.34. The van der Waals surface area contributed by atoms with Crippen molar-refractivity contribution in [1.29, 1.82) is 0 Å². The predicted molar refractivity (Wildman–Crippen MR) is 78.0 cm³/mol. The summed E-state index contributed by atoms with van der Waals surface area (Å²) in [5.74, 6) is -1.16. The quantitative estimate of drug-likeness (QED) is 0.918. The Balaban J connectivity index is 2.02. The van der Waals surface area contributed by atoms with Crippen LogP contribution in [-0.2, 0) is 0 Å². The highest BCUT2D eigenvalue weighted by Gasteiger charge is 2.31. The smallest absolute Gasteiger partial charge is 0.211 e. The molecule has 0 saturated carbocycles. The van der Waals surface area contributed by atoms with Gasteiger partial charge in [-0.05, 0) is 24.3 Å². The zero-order chi connectivity index (χ0) is 15.0. The fourth-order valence-electron chi connectivity index (χ4n) is 2.13. The van der Waals surface area contributed by atoms with E-state index < -0.39 is 11.6 Å². The Labute approximate surface area is 125 Å². The second kappa shape index (κ2) is 5.14. The van der Waals surface area contributed by atoms with Crippen molar-refractivity contribution in [3.05, 3.63) is 76.2 Å². The number of allylic oxidation sites excluding steroid dienone is 2. The summed E-state index contributed by atoms with van der Waals surface area (Å²) in [4.78, 5) is 24.6. The highest BCUT2D eigenvalue weighted by Crippen LogP contribution is 2.29. The molecule has 0 bridgehead atoms. The van der Waals surface area contributed by atoms with Crippen LogP contribution in [0.15, 0.2) is 59.3 Å². The van der Waals surface area contributed by atoms with Crippen LogP contribution in [0.3, 0.4) is 0 Å². The number of nitrogens with one attached hydrogen (secondary N) is 1. The SMILES string of the molecule is O=C1C(Cl)=C(Nc2ccc(F)cc2)C(=O)c2ccccc21. The largest absolute Gasteiger partial charge is 0.351 e. The van der Waals surface area contributed by atoms with E-state index in [1.807, 2.05) is 0 Å². The van der Waals surface area contributed by atoms with Gasteiger partial charge in [0.05, 0.1) is 0 Å². The molecular formula is C16H9ClFNO2. The summed E-state index contributed by atoms with van der Waals surface area (Å²) in [7, 11) is 0. The topological polar surface area (TPSA) is 46.2 Å². The molecule has 0 saturated heterocycles. The van der Waals surface area contributed by atoms with Crippen molar-refractivity contribution in [3.8, 4) is 0 Å². The first kappa shape index (κ1) is 13.5. The molecule has 2 aromatic carbocycles. The standard InChI is InChI=1S/C16H9ClFNO2/c17-13-14(19-10-7-5-9(18)6-8-10)16(21)12-4-2-1-3-11(12)15(13)20/h1-8,19H. The molecule has 0 aromatic heterocycles.